The zero-order chi connectivity index (χ0) is 16.2. The average molecular weight is 301 g/mol. The summed E-state index contributed by atoms with van der Waals surface area (Å²) in [4.78, 5) is 11.6. The molecule has 0 aliphatic heterocycles. The van der Waals surface area contributed by atoms with Crippen LogP contribution in [0.2, 0.25) is 0 Å². The maximum Gasteiger partial charge on any atom is 0.407 e. The van der Waals surface area contributed by atoms with Crippen molar-refractivity contribution in [1.82, 2.24) is 5.32 Å². The van der Waals surface area contributed by atoms with Gasteiger partial charge in [0.2, 0.25) is 0 Å². The number of carbonyl (C=O) groups is 1. The summed E-state index contributed by atoms with van der Waals surface area (Å²) in [5, 5.41) is 2.61. The van der Waals surface area contributed by atoms with Crippen LogP contribution in [0.3, 0.4) is 0 Å². The molecule has 0 atom stereocenters. The average Bonchev–Trinajstić information content (AvgIpc) is 2.44. The van der Waals surface area contributed by atoms with Crippen LogP contribution in [0, 0.1) is 5.82 Å². The molecule has 0 aromatic heterocycles. The molecule has 2 aromatic rings. The summed E-state index contributed by atoms with van der Waals surface area (Å²) in [6, 6.07) is 14.3. The number of amides is 1. The number of ether oxygens (including phenoxy) is 1. The summed E-state index contributed by atoms with van der Waals surface area (Å²) in [6.45, 7) is 5.60. The number of alkyl carbamates (subject to hydrolysis) is 1. The van der Waals surface area contributed by atoms with Crippen molar-refractivity contribution in [2.45, 2.75) is 32.9 Å². The number of hydrogen-bond donors (Lipinski definition) is 1. The summed E-state index contributed by atoms with van der Waals surface area (Å²) >= 11 is 0. The van der Waals surface area contributed by atoms with Crippen LogP contribution < -0.4 is 5.32 Å². The molecule has 0 fully saturated rings. The van der Waals surface area contributed by atoms with Crippen molar-refractivity contribution in [2.24, 2.45) is 0 Å². The van der Waals surface area contributed by atoms with Gasteiger partial charge in [0.25, 0.3) is 0 Å². The predicted molar refractivity (Wildman–Crippen MR) is 84.9 cm³/mol. The lowest BCUT2D eigenvalue weighted by Gasteiger charge is -2.19. The quantitative estimate of drug-likeness (QED) is 0.905. The molecule has 0 unspecified atom stereocenters. The zero-order valence-corrected chi connectivity index (χ0v) is 13.0. The van der Waals surface area contributed by atoms with Crippen molar-refractivity contribution >= 4 is 6.09 Å². The zero-order valence-electron chi connectivity index (χ0n) is 13.0. The van der Waals surface area contributed by atoms with Crippen LogP contribution in [-0.4, -0.2) is 11.7 Å². The molecule has 0 bridgehead atoms. The molecule has 0 saturated heterocycles. The van der Waals surface area contributed by atoms with Crippen molar-refractivity contribution < 1.29 is 13.9 Å². The van der Waals surface area contributed by atoms with E-state index in [9.17, 15) is 9.18 Å². The topological polar surface area (TPSA) is 38.3 Å². The molecule has 0 heterocycles. The lowest BCUT2D eigenvalue weighted by Crippen LogP contribution is -2.32. The standard InChI is InChI=1S/C18H20FNO2/c1-18(2,3)22-17(21)20-12-13-9-10-15(16(19)11-13)14-7-5-4-6-8-14/h4-11H,12H2,1-3H3,(H,20,21). The van der Waals surface area contributed by atoms with Crippen molar-refractivity contribution in [2.75, 3.05) is 0 Å². The van der Waals surface area contributed by atoms with E-state index in [1.165, 1.54) is 6.07 Å². The van der Waals surface area contributed by atoms with Crippen molar-refractivity contribution in [3.63, 3.8) is 0 Å². The van der Waals surface area contributed by atoms with Gasteiger partial charge in [-0.1, -0.05) is 42.5 Å². The molecule has 0 aliphatic carbocycles. The molecule has 2 aromatic carbocycles. The van der Waals surface area contributed by atoms with Gasteiger partial charge in [-0.2, -0.15) is 0 Å². The summed E-state index contributed by atoms with van der Waals surface area (Å²) in [5.74, 6) is -0.310. The Bertz CT molecular complexity index is 648. The Balaban J connectivity index is 2.03. The fraction of sp³-hybridized carbons (Fsp3) is 0.278. The normalized spacial score (nSPS) is 11.1. The van der Waals surface area contributed by atoms with Gasteiger partial charge in [0.15, 0.2) is 0 Å². The van der Waals surface area contributed by atoms with Crippen LogP contribution in [0.1, 0.15) is 26.3 Å². The van der Waals surface area contributed by atoms with Crippen LogP contribution >= 0.6 is 0 Å². The lowest BCUT2D eigenvalue weighted by molar-refractivity contribution is 0.0523. The molecular formula is C18H20FNO2. The molecule has 0 saturated carbocycles. The maximum atomic E-state index is 14.2. The monoisotopic (exact) mass is 301 g/mol. The lowest BCUT2D eigenvalue weighted by atomic mass is 10.0. The number of halogens is 1. The minimum atomic E-state index is -0.549. The Hall–Kier alpha value is -2.36. The summed E-state index contributed by atoms with van der Waals surface area (Å²) in [5.41, 5.74) is 1.50. The van der Waals surface area contributed by atoms with Crippen molar-refractivity contribution in [3.8, 4) is 11.1 Å². The van der Waals surface area contributed by atoms with Crippen LogP contribution in [-0.2, 0) is 11.3 Å². The fourth-order valence-corrected chi connectivity index (χ4v) is 2.01. The summed E-state index contributed by atoms with van der Waals surface area (Å²) < 4.78 is 19.3. The molecule has 0 radical (unpaired) electrons. The Morgan fingerprint density at radius 1 is 1.14 bits per heavy atom. The van der Waals surface area contributed by atoms with Crippen LogP contribution in [0.15, 0.2) is 48.5 Å². The van der Waals surface area contributed by atoms with E-state index in [1.807, 2.05) is 30.3 Å². The van der Waals surface area contributed by atoms with Crippen molar-refractivity contribution in [3.05, 3.63) is 59.9 Å². The van der Waals surface area contributed by atoms with Gasteiger partial charge in [-0.15, -0.1) is 0 Å². The van der Waals surface area contributed by atoms with E-state index >= 15 is 0 Å². The molecule has 4 heteroatoms. The molecule has 0 aliphatic rings. The van der Waals surface area contributed by atoms with Gasteiger partial charge in [0, 0.05) is 12.1 Å². The highest BCUT2D eigenvalue weighted by atomic mass is 19.1. The number of hydrogen-bond acceptors (Lipinski definition) is 2. The molecule has 1 amide bonds. The van der Waals surface area contributed by atoms with Gasteiger partial charge >= 0.3 is 6.09 Å². The molecule has 2 rings (SSSR count). The Morgan fingerprint density at radius 2 is 1.82 bits per heavy atom. The fourth-order valence-electron chi connectivity index (χ4n) is 2.01. The first kappa shape index (κ1) is 16.0. The van der Waals surface area contributed by atoms with E-state index in [-0.39, 0.29) is 12.4 Å². The molecule has 0 spiro atoms. The van der Waals surface area contributed by atoms with E-state index in [0.717, 1.165) is 5.56 Å². The summed E-state index contributed by atoms with van der Waals surface area (Å²) in [6.07, 6.45) is -0.514. The van der Waals surface area contributed by atoms with Crippen LogP contribution in [0.5, 0.6) is 0 Å². The first-order chi connectivity index (χ1) is 10.3. The second-order valence-electron chi connectivity index (χ2n) is 6.04. The molecule has 116 valence electrons. The second-order valence-corrected chi connectivity index (χ2v) is 6.04. The van der Waals surface area contributed by atoms with Gasteiger partial charge in [-0.25, -0.2) is 9.18 Å². The Kier molecular flexibility index (Phi) is 4.81. The van der Waals surface area contributed by atoms with Gasteiger partial charge in [0.05, 0.1) is 0 Å². The third-order valence-corrected chi connectivity index (χ3v) is 2.95. The molecule has 3 nitrogen and oxygen atoms in total. The second kappa shape index (κ2) is 6.60. The van der Waals surface area contributed by atoms with E-state index in [4.69, 9.17) is 4.74 Å². The Labute approximate surface area is 130 Å². The number of rotatable bonds is 3. The third kappa shape index (κ3) is 4.58. The molecule has 1 N–H and O–H groups in total. The SMILES string of the molecule is CC(C)(C)OC(=O)NCc1ccc(-c2ccccc2)c(F)c1. The number of benzene rings is 2. The number of nitrogens with one attached hydrogen (secondary N) is 1. The first-order valence-corrected chi connectivity index (χ1v) is 7.16. The predicted octanol–water partition coefficient (Wildman–Crippen LogP) is 4.52. The van der Waals surface area contributed by atoms with Crippen molar-refractivity contribution in [1.29, 1.82) is 0 Å². The largest absolute Gasteiger partial charge is 0.444 e. The van der Waals surface area contributed by atoms with E-state index in [0.29, 0.717) is 11.1 Å². The van der Waals surface area contributed by atoms with Gasteiger partial charge in [0.1, 0.15) is 11.4 Å². The smallest absolute Gasteiger partial charge is 0.407 e. The molecular weight excluding hydrogens is 281 g/mol. The highest BCUT2D eigenvalue weighted by molar-refractivity contribution is 5.68. The maximum absolute atomic E-state index is 14.2. The van der Waals surface area contributed by atoms with Gasteiger partial charge in [-0.05, 0) is 38.0 Å². The minimum Gasteiger partial charge on any atom is -0.444 e. The van der Waals surface area contributed by atoms with Crippen LogP contribution in [0.4, 0.5) is 9.18 Å². The van der Waals surface area contributed by atoms with Gasteiger partial charge < -0.3 is 10.1 Å². The highest BCUT2D eigenvalue weighted by Crippen LogP contribution is 2.23. The minimum absolute atomic E-state index is 0.223. The summed E-state index contributed by atoms with van der Waals surface area (Å²) in [7, 11) is 0. The molecule has 22 heavy (non-hydrogen) atoms. The number of carbonyl (C=O) groups excluding carboxylic acids is 1. The van der Waals surface area contributed by atoms with E-state index in [2.05, 4.69) is 5.32 Å². The Morgan fingerprint density at radius 3 is 2.41 bits per heavy atom. The van der Waals surface area contributed by atoms with Crippen LogP contribution in [0.25, 0.3) is 11.1 Å². The highest BCUT2D eigenvalue weighted by Gasteiger charge is 2.15. The van der Waals surface area contributed by atoms with Gasteiger partial charge in [-0.3, -0.25) is 0 Å². The van der Waals surface area contributed by atoms with E-state index in [1.54, 1.807) is 32.9 Å². The van der Waals surface area contributed by atoms with E-state index < -0.39 is 11.7 Å². The first-order valence-electron chi connectivity index (χ1n) is 7.16. The third-order valence-electron chi connectivity index (χ3n) is 2.95.